The third-order valence-electron chi connectivity index (χ3n) is 3.04. The zero-order chi connectivity index (χ0) is 15.5. The lowest BCUT2D eigenvalue weighted by molar-refractivity contribution is -0.384. The van der Waals surface area contributed by atoms with E-state index >= 15 is 0 Å². The standard InChI is InChI=1S/C15H11N3O3S/c19-14(8-10-4-2-1-3-5-10)17-15-16-12-7-6-11(18(20)21)9-13(12)22-15/h1-7,9H,8H2,(H,16,17,19). The number of nitrogens with zero attached hydrogens (tertiary/aromatic N) is 2. The minimum absolute atomic E-state index is 0.0123. The molecule has 0 radical (unpaired) electrons. The van der Waals surface area contributed by atoms with Crippen molar-refractivity contribution >= 4 is 38.3 Å². The second-order valence-corrected chi connectivity index (χ2v) is 5.67. The number of nitrogens with one attached hydrogen (secondary N) is 1. The molecule has 0 spiro atoms. The summed E-state index contributed by atoms with van der Waals surface area (Å²) < 4.78 is 0.671. The van der Waals surface area contributed by atoms with E-state index in [4.69, 9.17) is 0 Å². The number of nitro groups is 1. The number of carbonyl (C=O) groups is 1. The number of fused-ring (bicyclic) bond motifs is 1. The fourth-order valence-corrected chi connectivity index (χ4v) is 2.94. The van der Waals surface area contributed by atoms with Crippen LogP contribution >= 0.6 is 11.3 Å². The smallest absolute Gasteiger partial charge is 0.270 e. The molecule has 0 atom stereocenters. The molecule has 0 saturated carbocycles. The van der Waals surface area contributed by atoms with Crippen molar-refractivity contribution in [3.8, 4) is 0 Å². The van der Waals surface area contributed by atoms with Crippen LogP contribution in [0.4, 0.5) is 10.8 Å². The number of anilines is 1. The number of rotatable bonds is 4. The Kier molecular flexibility index (Phi) is 3.80. The zero-order valence-corrected chi connectivity index (χ0v) is 12.2. The number of thiazole rings is 1. The lowest BCUT2D eigenvalue weighted by Gasteiger charge is -2.01. The van der Waals surface area contributed by atoms with Gasteiger partial charge < -0.3 is 5.32 Å². The summed E-state index contributed by atoms with van der Waals surface area (Å²) in [5, 5.41) is 13.9. The van der Waals surface area contributed by atoms with Gasteiger partial charge in [-0.15, -0.1) is 0 Å². The predicted octanol–water partition coefficient (Wildman–Crippen LogP) is 3.39. The number of hydrogen-bond acceptors (Lipinski definition) is 5. The minimum atomic E-state index is -0.452. The number of nitro benzene ring substituents is 1. The maximum atomic E-state index is 12.0. The average molecular weight is 313 g/mol. The summed E-state index contributed by atoms with van der Waals surface area (Å²) >= 11 is 1.22. The van der Waals surface area contributed by atoms with E-state index in [9.17, 15) is 14.9 Å². The molecule has 0 fully saturated rings. The highest BCUT2D eigenvalue weighted by Crippen LogP contribution is 2.29. The summed E-state index contributed by atoms with van der Waals surface area (Å²) in [5.74, 6) is -0.167. The molecule has 0 aliphatic heterocycles. The Balaban J connectivity index is 1.76. The molecule has 0 bridgehead atoms. The highest BCUT2D eigenvalue weighted by molar-refractivity contribution is 7.22. The van der Waals surface area contributed by atoms with Crippen LogP contribution in [0.3, 0.4) is 0 Å². The molecule has 0 saturated heterocycles. The zero-order valence-electron chi connectivity index (χ0n) is 11.4. The van der Waals surface area contributed by atoms with Crippen LogP contribution in [0, 0.1) is 10.1 Å². The first-order chi connectivity index (χ1) is 10.6. The Labute approximate surface area is 129 Å². The Hall–Kier alpha value is -2.80. The number of non-ortho nitro benzene ring substituents is 1. The van der Waals surface area contributed by atoms with E-state index in [1.807, 2.05) is 30.3 Å². The van der Waals surface area contributed by atoms with Crippen molar-refractivity contribution in [1.82, 2.24) is 4.98 Å². The van der Waals surface area contributed by atoms with Crippen LogP contribution in [0.5, 0.6) is 0 Å². The van der Waals surface area contributed by atoms with Gasteiger partial charge in [-0.3, -0.25) is 14.9 Å². The van der Waals surface area contributed by atoms with Crippen molar-refractivity contribution in [2.75, 3.05) is 5.32 Å². The molecule has 22 heavy (non-hydrogen) atoms. The average Bonchev–Trinajstić information content (AvgIpc) is 2.89. The number of benzene rings is 2. The van der Waals surface area contributed by atoms with Crippen LogP contribution in [-0.2, 0) is 11.2 Å². The van der Waals surface area contributed by atoms with Gasteiger partial charge in [-0.2, -0.15) is 0 Å². The van der Waals surface area contributed by atoms with E-state index in [-0.39, 0.29) is 18.0 Å². The summed E-state index contributed by atoms with van der Waals surface area (Å²) in [6.45, 7) is 0. The molecule has 7 heteroatoms. The van der Waals surface area contributed by atoms with Crippen LogP contribution in [0.1, 0.15) is 5.56 Å². The molecule has 6 nitrogen and oxygen atoms in total. The fourth-order valence-electron chi connectivity index (χ4n) is 2.03. The van der Waals surface area contributed by atoms with Crippen LogP contribution in [-0.4, -0.2) is 15.8 Å². The van der Waals surface area contributed by atoms with E-state index < -0.39 is 4.92 Å². The summed E-state index contributed by atoms with van der Waals surface area (Å²) in [4.78, 5) is 26.5. The normalized spacial score (nSPS) is 10.5. The first kappa shape index (κ1) is 14.2. The third-order valence-corrected chi connectivity index (χ3v) is 3.97. The molecule has 1 N–H and O–H groups in total. The van der Waals surface area contributed by atoms with Crippen molar-refractivity contribution < 1.29 is 9.72 Å². The Bertz CT molecular complexity index is 846. The van der Waals surface area contributed by atoms with E-state index in [0.29, 0.717) is 15.3 Å². The fraction of sp³-hybridized carbons (Fsp3) is 0.0667. The number of aromatic nitrogens is 1. The van der Waals surface area contributed by atoms with Gasteiger partial charge in [-0.1, -0.05) is 41.7 Å². The number of amides is 1. The van der Waals surface area contributed by atoms with Gasteiger partial charge >= 0.3 is 0 Å². The lowest BCUT2D eigenvalue weighted by Crippen LogP contribution is -2.13. The Morgan fingerprint density at radius 2 is 2.00 bits per heavy atom. The first-order valence-electron chi connectivity index (χ1n) is 6.50. The van der Waals surface area contributed by atoms with Gasteiger partial charge in [-0.05, 0) is 11.6 Å². The molecular weight excluding hydrogens is 302 g/mol. The Morgan fingerprint density at radius 3 is 2.73 bits per heavy atom. The minimum Gasteiger partial charge on any atom is -0.302 e. The third kappa shape index (κ3) is 3.09. The summed E-state index contributed by atoms with van der Waals surface area (Å²) in [6, 6.07) is 13.8. The highest BCUT2D eigenvalue weighted by atomic mass is 32.1. The van der Waals surface area contributed by atoms with Crippen LogP contribution < -0.4 is 5.32 Å². The molecule has 2 aromatic carbocycles. The van der Waals surface area contributed by atoms with E-state index in [1.54, 1.807) is 6.07 Å². The van der Waals surface area contributed by atoms with Crippen LogP contribution in [0.25, 0.3) is 10.2 Å². The second-order valence-electron chi connectivity index (χ2n) is 4.64. The van der Waals surface area contributed by atoms with Crippen LogP contribution in [0.15, 0.2) is 48.5 Å². The van der Waals surface area contributed by atoms with Crippen molar-refractivity contribution in [1.29, 1.82) is 0 Å². The van der Waals surface area contributed by atoms with Gasteiger partial charge in [0, 0.05) is 12.1 Å². The molecule has 1 aromatic heterocycles. The molecule has 3 rings (SSSR count). The van der Waals surface area contributed by atoms with Gasteiger partial charge in [0.15, 0.2) is 5.13 Å². The SMILES string of the molecule is O=C(Cc1ccccc1)Nc1nc2ccc([N+](=O)[O-])cc2s1. The Morgan fingerprint density at radius 1 is 1.23 bits per heavy atom. The van der Waals surface area contributed by atoms with E-state index in [0.717, 1.165) is 5.56 Å². The van der Waals surface area contributed by atoms with Crippen molar-refractivity contribution in [2.24, 2.45) is 0 Å². The molecule has 1 amide bonds. The van der Waals surface area contributed by atoms with Crippen molar-refractivity contribution in [3.05, 3.63) is 64.2 Å². The largest absolute Gasteiger partial charge is 0.302 e. The summed E-state index contributed by atoms with van der Waals surface area (Å²) in [5.41, 5.74) is 1.56. The summed E-state index contributed by atoms with van der Waals surface area (Å²) in [7, 11) is 0. The maximum Gasteiger partial charge on any atom is 0.270 e. The van der Waals surface area contributed by atoms with Gasteiger partial charge in [0.1, 0.15) is 0 Å². The lowest BCUT2D eigenvalue weighted by atomic mass is 10.1. The molecule has 1 heterocycles. The topological polar surface area (TPSA) is 85.1 Å². The summed E-state index contributed by atoms with van der Waals surface area (Å²) in [6.07, 6.45) is 0.261. The van der Waals surface area contributed by atoms with Gasteiger partial charge in [0.05, 0.1) is 21.6 Å². The molecule has 3 aromatic rings. The molecule has 0 aliphatic rings. The van der Waals surface area contributed by atoms with Crippen LogP contribution in [0.2, 0.25) is 0 Å². The van der Waals surface area contributed by atoms with Crippen molar-refractivity contribution in [2.45, 2.75) is 6.42 Å². The molecule has 0 aliphatic carbocycles. The predicted molar refractivity (Wildman–Crippen MR) is 85.1 cm³/mol. The monoisotopic (exact) mass is 313 g/mol. The van der Waals surface area contributed by atoms with E-state index in [1.165, 1.54) is 23.5 Å². The van der Waals surface area contributed by atoms with Gasteiger partial charge in [-0.25, -0.2) is 4.98 Å². The van der Waals surface area contributed by atoms with Gasteiger partial charge in [0.2, 0.25) is 5.91 Å². The highest BCUT2D eigenvalue weighted by Gasteiger charge is 2.12. The molecule has 0 unspecified atom stereocenters. The second kappa shape index (κ2) is 5.90. The van der Waals surface area contributed by atoms with Gasteiger partial charge in [0.25, 0.3) is 5.69 Å². The maximum absolute atomic E-state index is 12.0. The number of hydrogen-bond donors (Lipinski definition) is 1. The molecule has 110 valence electrons. The molecular formula is C15H11N3O3S. The quantitative estimate of drug-likeness (QED) is 0.591. The van der Waals surface area contributed by atoms with Crippen molar-refractivity contribution in [3.63, 3.8) is 0 Å². The first-order valence-corrected chi connectivity index (χ1v) is 7.32. The van der Waals surface area contributed by atoms with E-state index in [2.05, 4.69) is 10.3 Å². The number of carbonyl (C=O) groups excluding carboxylic acids is 1.